The highest BCUT2D eigenvalue weighted by Gasteiger charge is 2.22. The Labute approximate surface area is 109 Å². The number of ether oxygens (including phenoxy) is 1. The molecular formula is C14H23N3O. The van der Waals surface area contributed by atoms with Crippen LogP contribution in [0, 0.1) is 0 Å². The number of methoxy groups -OCH3 is 1. The molecule has 1 unspecified atom stereocenters. The molecule has 1 aliphatic heterocycles. The SMILES string of the molecule is COc1ccc(N)c(N(C)CC2CCCN2C)c1. The zero-order chi connectivity index (χ0) is 13.1. The van der Waals surface area contributed by atoms with Crippen LogP contribution in [0.3, 0.4) is 0 Å². The number of nitrogen functional groups attached to an aromatic ring is 1. The van der Waals surface area contributed by atoms with Gasteiger partial charge in [-0.25, -0.2) is 0 Å². The molecule has 1 aromatic rings. The van der Waals surface area contributed by atoms with Crippen molar-refractivity contribution in [3.63, 3.8) is 0 Å². The standard InChI is InChI=1S/C14H23N3O/c1-16-8-4-5-11(16)10-17(2)14-9-12(18-3)6-7-13(14)15/h6-7,9,11H,4-5,8,10,15H2,1-3H3. The Hall–Kier alpha value is -1.42. The molecular weight excluding hydrogens is 226 g/mol. The first-order valence-corrected chi connectivity index (χ1v) is 6.46. The van der Waals surface area contributed by atoms with E-state index in [2.05, 4.69) is 23.9 Å². The van der Waals surface area contributed by atoms with Gasteiger partial charge in [-0.2, -0.15) is 0 Å². The van der Waals surface area contributed by atoms with Crippen LogP contribution in [0.15, 0.2) is 18.2 Å². The van der Waals surface area contributed by atoms with E-state index >= 15 is 0 Å². The molecule has 0 aromatic heterocycles. The Bertz CT molecular complexity index is 408. The van der Waals surface area contributed by atoms with Crippen molar-refractivity contribution in [3.05, 3.63) is 18.2 Å². The number of nitrogens with zero attached hydrogens (tertiary/aromatic N) is 2. The predicted octanol–water partition coefficient (Wildman–Crippen LogP) is 1.81. The maximum atomic E-state index is 6.04. The van der Waals surface area contributed by atoms with Crippen LogP contribution < -0.4 is 15.4 Å². The summed E-state index contributed by atoms with van der Waals surface area (Å²) in [6, 6.07) is 6.43. The summed E-state index contributed by atoms with van der Waals surface area (Å²) < 4.78 is 5.26. The highest BCUT2D eigenvalue weighted by atomic mass is 16.5. The van der Waals surface area contributed by atoms with Crippen molar-refractivity contribution >= 4 is 11.4 Å². The molecule has 100 valence electrons. The van der Waals surface area contributed by atoms with Gasteiger partial charge in [0.15, 0.2) is 0 Å². The molecule has 2 N–H and O–H groups in total. The van der Waals surface area contributed by atoms with Crippen molar-refractivity contribution in [3.8, 4) is 5.75 Å². The summed E-state index contributed by atoms with van der Waals surface area (Å²) in [4.78, 5) is 4.65. The molecule has 4 heteroatoms. The molecule has 0 aliphatic carbocycles. The van der Waals surface area contributed by atoms with Gasteiger partial charge >= 0.3 is 0 Å². The summed E-state index contributed by atoms with van der Waals surface area (Å²) in [5, 5.41) is 0. The van der Waals surface area contributed by atoms with Crippen molar-refractivity contribution in [1.29, 1.82) is 0 Å². The van der Waals surface area contributed by atoms with E-state index in [0.717, 1.165) is 23.7 Å². The quantitative estimate of drug-likeness (QED) is 0.826. The molecule has 1 saturated heterocycles. The molecule has 1 fully saturated rings. The van der Waals surface area contributed by atoms with E-state index in [4.69, 9.17) is 10.5 Å². The van der Waals surface area contributed by atoms with Crippen LogP contribution in [0.5, 0.6) is 5.75 Å². The average molecular weight is 249 g/mol. The second-order valence-corrected chi connectivity index (χ2v) is 5.08. The third-order valence-electron chi connectivity index (χ3n) is 3.80. The zero-order valence-corrected chi connectivity index (χ0v) is 11.5. The Morgan fingerprint density at radius 2 is 2.28 bits per heavy atom. The first-order chi connectivity index (χ1) is 8.61. The first-order valence-electron chi connectivity index (χ1n) is 6.46. The fraction of sp³-hybridized carbons (Fsp3) is 0.571. The molecule has 0 bridgehead atoms. The van der Waals surface area contributed by atoms with Crippen LogP contribution in [0.25, 0.3) is 0 Å². The lowest BCUT2D eigenvalue weighted by molar-refractivity contribution is 0.314. The fourth-order valence-corrected chi connectivity index (χ4v) is 2.61. The minimum atomic E-state index is 0.626. The van der Waals surface area contributed by atoms with Gasteiger partial charge in [-0.05, 0) is 38.6 Å². The van der Waals surface area contributed by atoms with Crippen LogP contribution >= 0.6 is 0 Å². The number of benzene rings is 1. The van der Waals surface area contributed by atoms with Crippen LogP contribution in [0.2, 0.25) is 0 Å². The lowest BCUT2D eigenvalue weighted by Gasteiger charge is -2.28. The highest BCUT2D eigenvalue weighted by Crippen LogP contribution is 2.28. The minimum Gasteiger partial charge on any atom is -0.497 e. The first kappa shape index (κ1) is 13.0. The Kier molecular flexibility index (Phi) is 3.97. The summed E-state index contributed by atoms with van der Waals surface area (Å²) in [6.07, 6.45) is 2.56. The van der Waals surface area contributed by atoms with E-state index in [-0.39, 0.29) is 0 Å². The normalized spacial score (nSPS) is 20.1. The maximum Gasteiger partial charge on any atom is 0.121 e. The van der Waals surface area contributed by atoms with Crippen LogP contribution in [-0.4, -0.2) is 45.2 Å². The van der Waals surface area contributed by atoms with Crippen molar-refractivity contribution < 1.29 is 4.74 Å². The van der Waals surface area contributed by atoms with Gasteiger partial charge in [0.1, 0.15) is 5.75 Å². The summed E-state index contributed by atoms with van der Waals surface area (Å²) in [7, 11) is 5.97. The van der Waals surface area contributed by atoms with Gasteiger partial charge in [-0.3, -0.25) is 0 Å². The lowest BCUT2D eigenvalue weighted by atomic mass is 10.2. The predicted molar refractivity (Wildman–Crippen MR) is 76.3 cm³/mol. The molecule has 0 amide bonds. The third kappa shape index (κ3) is 2.70. The highest BCUT2D eigenvalue weighted by molar-refractivity contribution is 5.69. The van der Waals surface area contributed by atoms with Crippen LogP contribution in [0.1, 0.15) is 12.8 Å². The van der Waals surface area contributed by atoms with Gasteiger partial charge in [0, 0.05) is 25.7 Å². The monoisotopic (exact) mass is 249 g/mol. The van der Waals surface area contributed by atoms with Gasteiger partial charge in [0.05, 0.1) is 18.5 Å². The summed E-state index contributed by atoms with van der Waals surface area (Å²) in [5.41, 5.74) is 7.90. The minimum absolute atomic E-state index is 0.626. The smallest absolute Gasteiger partial charge is 0.121 e. The zero-order valence-electron chi connectivity index (χ0n) is 11.5. The fourth-order valence-electron chi connectivity index (χ4n) is 2.61. The molecule has 1 atom stereocenters. The van der Waals surface area contributed by atoms with Gasteiger partial charge in [0.2, 0.25) is 0 Å². The molecule has 0 spiro atoms. The molecule has 4 nitrogen and oxygen atoms in total. The Balaban J connectivity index is 2.10. The second-order valence-electron chi connectivity index (χ2n) is 5.08. The third-order valence-corrected chi connectivity index (χ3v) is 3.80. The van der Waals surface area contributed by atoms with E-state index in [1.807, 2.05) is 18.2 Å². The molecule has 1 aromatic carbocycles. The number of hydrogen-bond donors (Lipinski definition) is 1. The average Bonchev–Trinajstić information content (AvgIpc) is 2.75. The molecule has 1 heterocycles. The molecule has 18 heavy (non-hydrogen) atoms. The van der Waals surface area contributed by atoms with Crippen molar-refractivity contribution in [1.82, 2.24) is 4.90 Å². The summed E-state index contributed by atoms with van der Waals surface area (Å²) in [5.74, 6) is 0.853. The number of nitrogens with two attached hydrogens (primary N) is 1. The van der Waals surface area contributed by atoms with Gasteiger partial charge in [-0.15, -0.1) is 0 Å². The second kappa shape index (κ2) is 5.48. The number of anilines is 2. The molecule has 1 aliphatic rings. The van der Waals surface area contributed by atoms with Gasteiger partial charge < -0.3 is 20.3 Å². The largest absolute Gasteiger partial charge is 0.497 e. The topological polar surface area (TPSA) is 41.7 Å². The number of rotatable bonds is 4. The van der Waals surface area contributed by atoms with E-state index in [9.17, 15) is 0 Å². The Morgan fingerprint density at radius 3 is 2.89 bits per heavy atom. The molecule has 0 radical (unpaired) electrons. The van der Waals surface area contributed by atoms with Crippen molar-refractivity contribution in [2.45, 2.75) is 18.9 Å². The van der Waals surface area contributed by atoms with Gasteiger partial charge in [0.25, 0.3) is 0 Å². The Morgan fingerprint density at radius 1 is 1.50 bits per heavy atom. The number of likely N-dealkylation sites (N-methyl/N-ethyl adjacent to an activating group) is 2. The van der Waals surface area contributed by atoms with Crippen LogP contribution in [0.4, 0.5) is 11.4 Å². The van der Waals surface area contributed by atoms with Crippen LogP contribution in [-0.2, 0) is 0 Å². The van der Waals surface area contributed by atoms with Crippen molar-refractivity contribution in [2.24, 2.45) is 0 Å². The molecule has 2 rings (SSSR count). The van der Waals surface area contributed by atoms with E-state index in [0.29, 0.717) is 6.04 Å². The van der Waals surface area contributed by atoms with Gasteiger partial charge in [-0.1, -0.05) is 0 Å². The van der Waals surface area contributed by atoms with E-state index in [1.54, 1.807) is 7.11 Å². The van der Waals surface area contributed by atoms with E-state index in [1.165, 1.54) is 19.4 Å². The maximum absolute atomic E-state index is 6.04. The van der Waals surface area contributed by atoms with Crippen molar-refractivity contribution in [2.75, 3.05) is 44.9 Å². The number of likely N-dealkylation sites (tertiary alicyclic amines) is 1. The lowest BCUT2D eigenvalue weighted by Crippen LogP contribution is -2.36. The summed E-state index contributed by atoms with van der Waals surface area (Å²) >= 11 is 0. The summed E-state index contributed by atoms with van der Waals surface area (Å²) in [6.45, 7) is 2.21. The number of hydrogen-bond acceptors (Lipinski definition) is 4. The van der Waals surface area contributed by atoms with E-state index < -0.39 is 0 Å². The molecule has 0 saturated carbocycles.